The summed E-state index contributed by atoms with van der Waals surface area (Å²) in [6.07, 6.45) is 3.00. The van der Waals surface area contributed by atoms with Gasteiger partial charge in [-0.25, -0.2) is 9.67 Å². The van der Waals surface area contributed by atoms with Gasteiger partial charge in [0.25, 0.3) is 5.91 Å². The van der Waals surface area contributed by atoms with Crippen molar-refractivity contribution >= 4 is 33.6 Å². The summed E-state index contributed by atoms with van der Waals surface area (Å²) in [5.41, 5.74) is 2.24. The minimum absolute atomic E-state index is 0.0611. The molecule has 0 aliphatic carbocycles. The van der Waals surface area contributed by atoms with E-state index in [1.54, 1.807) is 10.7 Å². The Morgan fingerprint density at radius 1 is 1.19 bits per heavy atom. The number of furan rings is 1. The molecule has 0 saturated carbocycles. The summed E-state index contributed by atoms with van der Waals surface area (Å²) in [6, 6.07) is 11.0. The van der Waals surface area contributed by atoms with Crippen LogP contribution in [0.5, 0.6) is 0 Å². The number of halogens is 1. The zero-order valence-corrected chi connectivity index (χ0v) is 17.8. The quantitative estimate of drug-likeness (QED) is 0.313. The molecule has 0 aliphatic rings. The summed E-state index contributed by atoms with van der Waals surface area (Å²) in [6.45, 7) is 2.68. The summed E-state index contributed by atoms with van der Waals surface area (Å²) in [5, 5.41) is 21.6. The molecule has 0 bridgehead atoms. The molecule has 11 nitrogen and oxygen atoms in total. The highest BCUT2D eigenvalue weighted by Crippen LogP contribution is 2.23. The number of anilines is 1. The van der Waals surface area contributed by atoms with Crippen LogP contribution in [0.1, 0.15) is 27.4 Å². The van der Waals surface area contributed by atoms with Gasteiger partial charge in [-0.15, -0.1) is 5.10 Å². The van der Waals surface area contributed by atoms with Gasteiger partial charge >= 0.3 is 5.82 Å². The molecular formula is C19H16BrN7O4. The molecule has 0 spiro atoms. The fraction of sp³-hybridized carbons (Fsp3) is 0.158. The SMILES string of the molecule is Cc1ccccc1Cn1cnc(NC(=O)c2ccc(Cn3cc(Br)c([N+](=O)[O-])n3)o2)n1. The Morgan fingerprint density at radius 2 is 2.00 bits per heavy atom. The molecule has 0 radical (unpaired) electrons. The molecule has 31 heavy (non-hydrogen) atoms. The zero-order valence-electron chi connectivity index (χ0n) is 16.2. The number of carbonyl (C=O) groups excluding carboxylic acids is 1. The van der Waals surface area contributed by atoms with Crippen LogP contribution in [0, 0.1) is 17.0 Å². The fourth-order valence-electron chi connectivity index (χ4n) is 2.89. The monoisotopic (exact) mass is 485 g/mol. The van der Waals surface area contributed by atoms with Crippen LogP contribution < -0.4 is 5.32 Å². The van der Waals surface area contributed by atoms with Gasteiger partial charge < -0.3 is 14.5 Å². The molecule has 1 amide bonds. The molecule has 0 fully saturated rings. The molecular weight excluding hydrogens is 470 g/mol. The van der Waals surface area contributed by atoms with Crippen molar-refractivity contribution in [2.75, 3.05) is 5.32 Å². The maximum Gasteiger partial charge on any atom is 0.404 e. The summed E-state index contributed by atoms with van der Waals surface area (Å²) in [7, 11) is 0. The lowest BCUT2D eigenvalue weighted by molar-refractivity contribution is -0.390. The number of carbonyl (C=O) groups is 1. The van der Waals surface area contributed by atoms with Crippen LogP contribution in [0.25, 0.3) is 0 Å². The second kappa shape index (κ2) is 8.52. The average Bonchev–Trinajstić information content (AvgIpc) is 3.45. The second-order valence-electron chi connectivity index (χ2n) is 6.67. The van der Waals surface area contributed by atoms with Crippen molar-refractivity contribution in [1.82, 2.24) is 24.5 Å². The normalized spacial score (nSPS) is 10.9. The Morgan fingerprint density at radius 3 is 2.74 bits per heavy atom. The molecule has 4 rings (SSSR count). The Bertz CT molecular complexity index is 1260. The molecule has 0 saturated heterocycles. The van der Waals surface area contributed by atoms with E-state index in [9.17, 15) is 14.9 Å². The van der Waals surface area contributed by atoms with Crippen molar-refractivity contribution in [1.29, 1.82) is 0 Å². The van der Waals surface area contributed by atoms with Gasteiger partial charge in [0.1, 0.15) is 23.1 Å². The van der Waals surface area contributed by atoms with Gasteiger partial charge in [-0.3, -0.25) is 10.1 Å². The first-order valence-corrected chi connectivity index (χ1v) is 9.89. The molecule has 0 atom stereocenters. The Labute approximate surface area is 184 Å². The summed E-state index contributed by atoms with van der Waals surface area (Å²) < 4.78 is 8.77. The van der Waals surface area contributed by atoms with Crippen LogP contribution >= 0.6 is 15.9 Å². The molecule has 3 heterocycles. The third-order valence-electron chi connectivity index (χ3n) is 4.43. The van der Waals surface area contributed by atoms with Crippen molar-refractivity contribution in [2.45, 2.75) is 20.0 Å². The number of nitro groups is 1. The molecule has 3 aromatic heterocycles. The van der Waals surface area contributed by atoms with Crippen LogP contribution in [0.15, 0.2) is 57.8 Å². The van der Waals surface area contributed by atoms with Crippen molar-refractivity contribution in [3.8, 4) is 0 Å². The molecule has 0 aliphatic heterocycles. The fourth-order valence-corrected chi connectivity index (χ4v) is 3.35. The lowest BCUT2D eigenvalue weighted by Gasteiger charge is -2.04. The van der Waals surface area contributed by atoms with Gasteiger partial charge in [-0.05, 0) is 51.0 Å². The van der Waals surface area contributed by atoms with Gasteiger partial charge in [0, 0.05) is 0 Å². The largest absolute Gasteiger partial charge is 0.454 e. The zero-order chi connectivity index (χ0) is 22.0. The van der Waals surface area contributed by atoms with E-state index in [1.165, 1.54) is 23.3 Å². The van der Waals surface area contributed by atoms with Crippen molar-refractivity contribution in [3.05, 3.63) is 86.2 Å². The number of amides is 1. The number of hydrogen-bond acceptors (Lipinski definition) is 7. The van der Waals surface area contributed by atoms with Gasteiger partial charge in [-0.2, -0.15) is 4.68 Å². The van der Waals surface area contributed by atoms with Crippen molar-refractivity contribution in [3.63, 3.8) is 0 Å². The number of aromatic nitrogens is 5. The first-order chi connectivity index (χ1) is 14.9. The highest BCUT2D eigenvalue weighted by molar-refractivity contribution is 9.10. The summed E-state index contributed by atoms with van der Waals surface area (Å²) in [4.78, 5) is 26.8. The van der Waals surface area contributed by atoms with Crippen LogP contribution in [-0.4, -0.2) is 35.4 Å². The molecule has 1 aromatic carbocycles. The van der Waals surface area contributed by atoms with Crippen LogP contribution in [0.4, 0.5) is 11.8 Å². The van der Waals surface area contributed by atoms with E-state index in [4.69, 9.17) is 4.42 Å². The number of aryl methyl sites for hydroxylation is 1. The lowest BCUT2D eigenvalue weighted by Crippen LogP contribution is -2.13. The Hall–Kier alpha value is -3.80. The topological polar surface area (TPSA) is 134 Å². The number of hydrogen-bond donors (Lipinski definition) is 1. The summed E-state index contributed by atoms with van der Waals surface area (Å²) in [5.74, 6) is -0.174. The number of nitrogens with one attached hydrogen (secondary N) is 1. The predicted molar refractivity (Wildman–Crippen MR) is 113 cm³/mol. The molecule has 4 aromatic rings. The summed E-state index contributed by atoms with van der Waals surface area (Å²) >= 11 is 3.09. The van der Waals surface area contributed by atoms with E-state index in [0.29, 0.717) is 12.3 Å². The molecule has 158 valence electrons. The second-order valence-corrected chi connectivity index (χ2v) is 7.52. The van der Waals surface area contributed by atoms with Crippen LogP contribution in [-0.2, 0) is 13.1 Å². The Balaban J connectivity index is 1.39. The number of nitrogens with zero attached hydrogens (tertiary/aromatic N) is 6. The first-order valence-electron chi connectivity index (χ1n) is 9.10. The van der Waals surface area contributed by atoms with Gasteiger partial charge in [0.15, 0.2) is 5.76 Å². The van der Waals surface area contributed by atoms with Gasteiger partial charge in [0.05, 0.1) is 17.8 Å². The van der Waals surface area contributed by atoms with E-state index in [0.717, 1.165) is 11.1 Å². The minimum atomic E-state index is -0.590. The van der Waals surface area contributed by atoms with Crippen LogP contribution in [0.2, 0.25) is 0 Å². The van der Waals surface area contributed by atoms with Crippen LogP contribution in [0.3, 0.4) is 0 Å². The maximum absolute atomic E-state index is 12.4. The van der Waals surface area contributed by atoms with E-state index in [1.807, 2.05) is 31.2 Å². The smallest absolute Gasteiger partial charge is 0.404 e. The molecule has 12 heteroatoms. The lowest BCUT2D eigenvalue weighted by atomic mass is 10.1. The Kier molecular flexibility index (Phi) is 5.62. The minimum Gasteiger partial charge on any atom is -0.454 e. The molecule has 0 unspecified atom stereocenters. The van der Waals surface area contributed by atoms with Crippen molar-refractivity contribution < 1.29 is 14.1 Å². The first kappa shape index (κ1) is 20.5. The maximum atomic E-state index is 12.4. The van der Waals surface area contributed by atoms with E-state index < -0.39 is 10.8 Å². The third-order valence-corrected chi connectivity index (χ3v) is 4.99. The predicted octanol–water partition coefficient (Wildman–Crippen LogP) is 3.40. The standard InChI is InChI=1S/C19H16BrN7O4/c1-12-4-2-3-5-13(12)8-26-11-21-19(24-26)22-18(28)16-7-6-14(31-16)9-25-10-15(20)17(23-25)27(29)30/h2-7,10-11H,8-9H2,1H3,(H,22,24,28). The van der Waals surface area contributed by atoms with E-state index in [2.05, 4.69) is 36.4 Å². The number of rotatable bonds is 7. The van der Waals surface area contributed by atoms with Crippen molar-refractivity contribution in [2.24, 2.45) is 0 Å². The highest BCUT2D eigenvalue weighted by Gasteiger charge is 2.20. The highest BCUT2D eigenvalue weighted by atomic mass is 79.9. The average molecular weight is 486 g/mol. The van der Waals surface area contributed by atoms with E-state index in [-0.39, 0.29) is 28.5 Å². The van der Waals surface area contributed by atoms with Gasteiger partial charge in [0.2, 0.25) is 5.95 Å². The number of benzene rings is 1. The van der Waals surface area contributed by atoms with Gasteiger partial charge in [-0.1, -0.05) is 24.3 Å². The molecule has 1 N–H and O–H groups in total. The van der Waals surface area contributed by atoms with E-state index >= 15 is 0 Å². The third kappa shape index (κ3) is 4.69.